The maximum atomic E-state index is 13.2. The molecule has 0 radical (unpaired) electrons. The van der Waals surface area contributed by atoms with Gasteiger partial charge in [-0.15, -0.1) is 0 Å². The summed E-state index contributed by atoms with van der Waals surface area (Å²) in [6, 6.07) is 16.7. The molecule has 174 valence electrons. The van der Waals surface area contributed by atoms with Gasteiger partial charge in [-0.1, -0.05) is 11.6 Å². The van der Waals surface area contributed by atoms with E-state index >= 15 is 0 Å². The van der Waals surface area contributed by atoms with Gasteiger partial charge < -0.3 is 19.2 Å². The van der Waals surface area contributed by atoms with E-state index in [0.29, 0.717) is 34.8 Å². The van der Waals surface area contributed by atoms with Crippen molar-refractivity contribution in [3.63, 3.8) is 0 Å². The summed E-state index contributed by atoms with van der Waals surface area (Å²) in [6.45, 7) is 2.37. The Bertz CT molecular complexity index is 1340. The average molecular weight is 477 g/mol. The third-order valence-corrected chi connectivity index (χ3v) is 5.43. The van der Waals surface area contributed by atoms with Crippen LogP contribution in [0.4, 0.5) is 0 Å². The number of hydrazine groups is 1. The Morgan fingerprint density at radius 3 is 2.59 bits per heavy atom. The first-order valence-corrected chi connectivity index (χ1v) is 10.9. The van der Waals surface area contributed by atoms with Gasteiger partial charge in [0.1, 0.15) is 5.76 Å². The fourth-order valence-electron chi connectivity index (χ4n) is 3.48. The van der Waals surface area contributed by atoms with E-state index in [1.807, 2.05) is 43.3 Å². The number of carbonyl (C=O) groups is 1. The molecule has 0 aliphatic carbocycles. The van der Waals surface area contributed by atoms with E-state index in [9.17, 15) is 4.79 Å². The molecule has 4 aromatic rings. The molecular formula is C25H24N4O4S. The number of rotatable bonds is 6. The number of thiocarbonyl (C=S) groups is 1. The lowest BCUT2D eigenvalue weighted by atomic mass is 10.0. The normalized spacial score (nSPS) is 10.6. The van der Waals surface area contributed by atoms with Crippen molar-refractivity contribution in [2.24, 2.45) is 0 Å². The zero-order valence-corrected chi connectivity index (χ0v) is 19.8. The van der Waals surface area contributed by atoms with Crippen LogP contribution in [0.1, 0.15) is 21.7 Å². The second-order valence-corrected chi connectivity index (χ2v) is 7.89. The topological polar surface area (TPSA) is 97.7 Å². The minimum atomic E-state index is -0.345. The minimum absolute atomic E-state index is 0.263. The van der Waals surface area contributed by atoms with Gasteiger partial charge in [-0.2, -0.15) is 0 Å². The van der Waals surface area contributed by atoms with Gasteiger partial charge in [0.15, 0.2) is 16.6 Å². The number of benzene rings is 2. The van der Waals surface area contributed by atoms with Crippen molar-refractivity contribution in [1.29, 1.82) is 0 Å². The summed E-state index contributed by atoms with van der Waals surface area (Å²) in [5.74, 6) is 1.57. The monoisotopic (exact) mass is 476 g/mol. The number of furan rings is 1. The van der Waals surface area contributed by atoms with Gasteiger partial charge in [0, 0.05) is 10.9 Å². The number of aromatic nitrogens is 1. The molecule has 0 spiro atoms. The van der Waals surface area contributed by atoms with Crippen LogP contribution in [0.3, 0.4) is 0 Å². The number of hydrogen-bond donors (Lipinski definition) is 3. The summed E-state index contributed by atoms with van der Waals surface area (Å²) in [7, 11) is 3.16. The molecule has 0 unspecified atom stereocenters. The van der Waals surface area contributed by atoms with Gasteiger partial charge in [-0.3, -0.25) is 15.6 Å². The van der Waals surface area contributed by atoms with Crippen LogP contribution in [0.15, 0.2) is 65.3 Å². The number of amides is 1. The van der Waals surface area contributed by atoms with Crippen LogP contribution in [0.5, 0.6) is 11.5 Å². The van der Waals surface area contributed by atoms with Crippen molar-refractivity contribution >= 4 is 34.1 Å². The van der Waals surface area contributed by atoms with E-state index in [0.717, 1.165) is 22.3 Å². The first-order valence-electron chi connectivity index (χ1n) is 10.5. The van der Waals surface area contributed by atoms with E-state index in [4.69, 9.17) is 31.1 Å². The van der Waals surface area contributed by atoms with Gasteiger partial charge in [0.25, 0.3) is 5.91 Å². The van der Waals surface area contributed by atoms with Crippen LogP contribution in [0.2, 0.25) is 0 Å². The molecule has 0 saturated heterocycles. The Balaban J connectivity index is 1.61. The maximum Gasteiger partial charge on any atom is 0.270 e. The SMILES string of the molecule is COc1ccc(-c2cc(C(=O)NNC(=S)NCc3ccco3)c3cc(C)ccc3n2)cc1OC. The van der Waals surface area contributed by atoms with Crippen molar-refractivity contribution < 1.29 is 18.7 Å². The summed E-state index contributed by atoms with van der Waals surface area (Å²) < 4.78 is 16.0. The number of nitrogens with zero attached hydrogens (tertiary/aromatic N) is 1. The van der Waals surface area contributed by atoms with Crippen molar-refractivity contribution in [2.75, 3.05) is 14.2 Å². The zero-order valence-electron chi connectivity index (χ0n) is 19.0. The molecule has 9 heteroatoms. The van der Waals surface area contributed by atoms with Crippen molar-refractivity contribution in [2.45, 2.75) is 13.5 Å². The Hall–Kier alpha value is -4.11. The lowest BCUT2D eigenvalue weighted by Gasteiger charge is -2.14. The second kappa shape index (κ2) is 10.2. The lowest BCUT2D eigenvalue weighted by Crippen LogP contribution is -2.46. The lowest BCUT2D eigenvalue weighted by molar-refractivity contribution is 0.0945. The van der Waals surface area contributed by atoms with Crippen molar-refractivity contribution in [3.8, 4) is 22.8 Å². The molecular weight excluding hydrogens is 452 g/mol. The van der Waals surface area contributed by atoms with Gasteiger partial charge >= 0.3 is 0 Å². The highest BCUT2D eigenvalue weighted by Gasteiger charge is 2.16. The molecule has 34 heavy (non-hydrogen) atoms. The van der Waals surface area contributed by atoms with Crippen molar-refractivity contribution in [1.82, 2.24) is 21.2 Å². The molecule has 0 bridgehead atoms. The van der Waals surface area contributed by atoms with E-state index in [1.54, 1.807) is 38.7 Å². The van der Waals surface area contributed by atoms with E-state index in [2.05, 4.69) is 16.2 Å². The molecule has 8 nitrogen and oxygen atoms in total. The fourth-order valence-corrected chi connectivity index (χ4v) is 3.60. The zero-order chi connectivity index (χ0) is 24.1. The van der Waals surface area contributed by atoms with Crippen LogP contribution in [0.25, 0.3) is 22.2 Å². The summed E-state index contributed by atoms with van der Waals surface area (Å²) in [6.07, 6.45) is 1.59. The van der Waals surface area contributed by atoms with Gasteiger partial charge in [0.2, 0.25) is 0 Å². The molecule has 0 atom stereocenters. The number of carbonyl (C=O) groups excluding carboxylic acids is 1. The highest BCUT2D eigenvalue weighted by molar-refractivity contribution is 7.80. The summed E-state index contributed by atoms with van der Waals surface area (Å²) in [5.41, 5.74) is 8.99. The summed E-state index contributed by atoms with van der Waals surface area (Å²) in [4.78, 5) is 17.9. The van der Waals surface area contributed by atoms with E-state index < -0.39 is 0 Å². The molecule has 0 fully saturated rings. The van der Waals surface area contributed by atoms with Crippen molar-refractivity contribution in [3.05, 3.63) is 77.7 Å². The maximum absolute atomic E-state index is 13.2. The minimum Gasteiger partial charge on any atom is -0.493 e. The number of fused-ring (bicyclic) bond motifs is 1. The quantitative estimate of drug-likeness (QED) is 0.282. The molecule has 4 rings (SSSR count). The molecule has 0 aliphatic rings. The van der Waals surface area contributed by atoms with Crippen LogP contribution in [-0.2, 0) is 6.54 Å². The first kappa shape index (κ1) is 23.1. The number of methoxy groups -OCH3 is 2. The van der Waals surface area contributed by atoms with E-state index in [-0.39, 0.29) is 11.0 Å². The molecule has 2 aromatic carbocycles. The Morgan fingerprint density at radius 2 is 1.85 bits per heavy atom. The smallest absolute Gasteiger partial charge is 0.270 e. The predicted octanol–water partition coefficient (Wildman–Crippen LogP) is 4.13. The molecule has 2 heterocycles. The van der Waals surface area contributed by atoms with Crippen LogP contribution >= 0.6 is 12.2 Å². The fraction of sp³-hybridized carbons (Fsp3) is 0.160. The summed E-state index contributed by atoms with van der Waals surface area (Å²) >= 11 is 5.25. The second-order valence-electron chi connectivity index (χ2n) is 7.49. The van der Waals surface area contributed by atoms with Gasteiger partial charge in [-0.25, -0.2) is 4.98 Å². The van der Waals surface area contributed by atoms with Crippen LogP contribution in [-0.4, -0.2) is 30.2 Å². The van der Waals surface area contributed by atoms with Crippen LogP contribution in [0, 0.1) is 6.92 Å². The molecule has 0 saturated carbocycles. The third kappa shape index (κ3) is 5.10. The molecule has 0 aliphatic heterocycles. The molecule has 3 N–H and O–H groups in total. The number of pyridine rings is 1. The van der Waals surface area contributed by atoms with Gasteiger partial charge in [0.05, 0.1) is 43.8 Å². The molecule has 1 amide bonds. The highest BCUT2D eigenvalue weighted by atomic mass is 32.1. The Morgan fingerprint density at radius 1 is 1.03 bits per heavy atom. The number of nitrogens with one attached hydrogen (secondary N) is 3. The van der Waals surface area contributed by atoms with Crippen LogP contribution < -0.4 is 25.6 Å². The number of hydrogen-bond acceptors (Lipinski definition) is 6. The third-order valence-electron chi connectivity index (χ3n) is 5.18. The first-order chi connectivity index (χ1) is 16.5. The van der Waals surface area contributed by atoms with Gasteiger partial charge in [-0.05, 0) is 67.7 Å². The number of aryl methyl sites for hydroxylation is 1. The highest BCUT2D eigenvalue weighted by Crippen LogP contribution is 2.33. The number of ether oxygens (including phenoxy) is 2. The Kier molecular flexibility index (Phi) is 6.93. The largest absolute Gasteiger partial charge is 0.493 e. The standard InChI is InChI=1S/C25H24N4O4S/c1-15-6-8-20-18(11-15)19(24(30)28-29-25(34)26-14-17-5-4-10-33-17)13-21(27-20)16-7-9-22(31-2)23(12-16)32-3/h4-13H,14H2,1-3H3,(H,28,30)(H2,26,29,34). The van der Waals surface area contributed by atoms with E-state index in [1.165, 1.54) is 0 Å². The average Bonchev–Trinajstić information content (AvgIpc) is 3.38. The Labute approximate surface area is 202 Å². The summed E-state index contributed by atoms with van der Waals surface area (Å²) in [5, 5.41) is 3.97. The predicted molar refractivity (Wildman–Crippen MR) is 134 cm³/mol. The molecule has 2 aromatic heterocycles.